The first-order valence-corrected chi connectivity index (χ1v) is 9.40. The average molecular weight is 324 g/mol. The molecule has 1 N–H and O–H groups in total. The molecule has 1 atom stereocenters. The summed E-state index contributed by atoms with van der Waals surface area (Å²) in [5.41, 5.74) is 0.148. The van der Waals surface area contributed by atoms with E-state index in [0.29, 0.717) is 12.3 Å². The number of hydrogen-bond acceptors (Lipinski definition) is 4. The first-order chi connectivity index (χ1) is 11.2. The van der Waals surface area contributed by atoms with E-state index in [0.717, 1.165) is 52.4 Å². The third-order valence-electron chi connectivity index (χ3n) is 6.11. The van der Waals surface area contributed by atoms with Gasteiger partial charge in [0.1, 0.15) is 0 Å². The van der Waals surface area contributed by atoms with Crippen molar-refractivity contribution in [3.63, 3.8) is 0 Å². The predicted molar refractivity (Wildman–Crippen MR) is 89.4 cm³/mol. The monoisotopic (exact) mass is 324 g/mol. The van der Waals surface area contributed by atoms with Gasteiger partial charge in [-0.25, -0.2) is 0 Å². The minimum Gasteiger partial charge on any atom is -0.381 e. The molecule has 0 aromatic heterocycles. The number of ether oxygens (including phenoxy) is 2. The summed E-state index contributed by atoms with van der Waals surface area (Å²) in [6.45, 7) is 7.48. The molecular weight excluding hydrogens is 292 g/mol. The molecule has 0 spiro atoms. The van der Waals surface area contributed by atoms with E-state index in [1.54, 1.807) is 0 Å². The Hall–Kier alpha value is -0.650. The number of carbonyl (C=O) groups excluding carboxylic acids is 1. The highest BCUT2D eigenvalue weighted by Crippen LogP contribution is 2.38. The van der Waals surface area contributed by atoms with Gasteiger partial charge in [-0.2, -0.15) is 0 Å². The summed E-state index contributed by atoms with van der Waals surface area (Å²) in [7, 11) is 0. The summed E-state index contributed by atoms with van der Waals surface area (Å²) in [4.78, 5) is 15.1. The molecule has 0 unspecified atom stereocenters. The van der Waals surface area contributed by atoms with Crippen LogP contribution in [0.4, 0.5) is 0 Å². The van der Waals surface area contributed by atoms with Gasteiger partial charge in [0.2, 0.25) is 5.91 Å². The van der Waals surface area contributed by atoms with Gasteiger partial charge < -0.3 is 14.8 Å². The molecule has 2 saturated heterocycles. The number of morpholine rings is 1. The van der Waals surface area contributed by atoms with Crippen LogP contribution in [0.2, 0.25) is 0 Å². The fourth-order valence-electron chi connectivity index (χ4n) is 4.67. The molecule has 0 aromatic rings. The zero-order chi connectivity index (χ0) is 16.1. The molecule has 132 valence electrons. The van der Waals surface area contributed by atoms with Crippen molar-refractivity contribution in [3.8, 4) is 0 Å². The molecule has 3 fully saturated rings. The molecular formula is C18H32N2O3. The van der Waals surface area contributed by atoms with Crippen LogP contribution in [0.3, 0.4) is 0 Å². The maximum atomic E-state index is 12.5. The first-order valence-electron chi connectivity index (χ1n) is 9.40. The van der Waals surface area contributed by atoms with Crippen LogP contribution in [-0.2, 0) is 14.3 Å². The molecule has 3 aliphatic rings. The SMILES string of the molecule is C[C@@H](NC(=O)CC1CCOCC1)C1(N2CCOCC2)CCCC1. The topological polar surface area (TPSA) is 50.8 Å². The quantitative estimate of drug-likeness (QED) is 0.840. The van der Waals surface area contributed by atoms with Crippen LogP contribution in [0.25, 0.3) is 0 Å². The van der Waals surface area contributed by atoms with Gasteiger partial charge in [-0.1, -0.05) is 12.8 Å². The number of rotatable bonds is 5. The van der Waals surface area contributed by atoms with Crippen molar-refractivity contribution in [2.24, 2.45) is 5.92 Å². The van der Waals surface area contributed by atoms with Gasteiger partial charge in [-0.05, 0) is 38.5 Å². The van der Waals surface area contributed by atoms with Crippen molar-refractivity contribution in [2.45, 2.75) is 63.5 Å². The van der Waals surface area contributed by atoms with E-state index in [-0.39, 0.29) is 17.5 Å². The fourth-order valence-corrected chi connectivity index (χ4v) is 4.67. The Kier molecular flexibility index (Phi) is 5.94. The van der Waals surface area contributed by atoms with Crippen molar-refractivity contribution in [1.82, 2.24) is 10.2 Å². The van der Waals surface area contributed by atoms with Crippen molar-refractivity contribution < 1.29 is 14.3 Å². The molecule has 5 heteroatoms. The van der Waals surface area contributed by atoms with Gasteiger partial charge in [-0.15, -0.1) is 0 Å². The Morgan fingerprint density at radius 2 is 1.74 bits per heavy atom. The molecule has 1 saturated carbocycles. The summed E-state index contributed by atoms with van der Waals surface area (Å²) in [6, 6.07) is 0.218. The van der Waals surface area contributed by atoms with Crippen LogP contribution in [0.5, 0.6) is 0 Å². The molecule has 3 rings (SSSR count). The van der Waals surface area contributed by atoms with E-state index >= 15 is 0 Å². The lowest BCUT2D eigenvalue weighted by Crippen LogP contribution is -2.62. The van der Waals surface area contributed by atoms with E-state index < -0.39 is 0 Å². The molecule has 0 bridgehead atoms. The highest BCUT2D eigenvalue weighted by molar-refractivity contribution is 5.76. The Labute approximate surface area is 140 Å². The third kappa shape index (κ3) is 4.06. The molecule has 2 heterocycles. The maximum Gasteiger partial charge on any atom is 0.220 e. The van der Waals surface area contributed by atoms with Crippen molar-refractivity contribution in [2.75, 3.05) is 39.5 Å². The Morgan fingerprint density at radius 1 is 1.13 bits per heavy atom. The smallest absolute Gasteiger partial charge is 0.220 e. The largest absolute Gasteiger partial charge is 0.381 e. The molecule has 0 aromatic carbocycles. The molecule has 0 radical (unpaired) electrons. The lowest BCUT2D eigenvalue weighted by atomic mass is 9.86. The van der Waals surface area contributed by atoms with Gasteiger partial charge >= 0.3 is 0 Å². The number of nitrogens with zero attached hydrogens (tertiary/aromatic N) is 1. The second-order valence-electron chi connectivity index (χ2n) is 7.46. The lowest BCUT2D eigenvalue weighted by molar-refractivity contribution is -0.125. The third-order valence-corrected chi connectivity index (χ3v) is 6.11. The van der Waals surface area contributed by atoms with Crippen molar-refractivity contribution >= 4 is 5.91 Å². The van der Waals surface area contributed by atoms with E-state index in [9.17, 15) is 4.79 Å². The Bertz CT molecular complexity index is 384. The normalized spacial score (nSPS) is 27.7. The molecule has 2 aliphatic heterocycles. The Balaban J connectivity index is 1.57. The maximum absolute atomic E-state index is 12.5. The van der Waals surface area contributed by atoms with Crippen molar-refractivity contribution in [3.05, 3.63) is 0 Å². The standard InChI is InChI=1S/C18H32N2O3/c1-15(19-17(21)14-16-4-10-22-11-5-16)18(6-2-3-7-18)20-8-12-23-13-9-20/h15-16H,2-14H2,1H3,(H,19,21)/t15-/m1/s1. The zero-order valence-corrected chi connectivity index (χ0v) is 14.5. The van der Waals surface area contributed by atoms with E-state index in [1.165, 1.54) is 25.7 Å². The summed E-state index contributed by atoms with van der Waals surface area (Å²) in [5, 5.41) is 3.35. The van der Waals surface area contributed by atoms with E-state index in [2.05, 4.69) is 17.1 Å². The lowest BCUT2D eigenvalue weighted by Gasteiger charge is -2.47. The van der Waals surface area contributed by atoms with Gasteiger partial charge in [0.05, 0.1) is 13.2 Å². The highest BCUT2D eigenvalue weighted by atomic mass is 16.5. The van der Waals surface area contributed by atoms with Crippen LogP contribution in [0.1, 0.15) is 51.9 Å². The molecule has 5 nitrogen and oxygen atoms in total. The number of hydrogen-bond donors (Lipinski definition) is 1. The van der Waals surface area contributed by atoms with Gasteiger partial charge in [0.15, 0.2) is 0 Å². The van der Waals surface area contributed by atoms with E-state index in [4.69, 9.17) is 9.47 Å². The van der Waals surface area contributed by atoms with Crippen molar-refractivity contribution in [1.29, 1.82) is 0 Å². The van der Waals surface area contributed by atoms with E-state index in [1.807, 2.05) is 0 Å². The Morgan fingerprint density at radius 3 is 2.39 bits per heavy atom. The summed E-state index contributed by atoms with van der Waals surface area (Å²) < 4.78 is 10.9. The van der Waals surface area contributed by atoms with Gasteiger partial charge in [-0.3, -0.25) is 9.69 Å². The minimum atomic E-state index is 0.148. The number of nitrogens with one attached hydrogen (secondary N) is 1. The predicted octanol–water partition coefficient (Wildman–Crippen LogP) is 1.95. The molecule has 1 aliphatic carbocycles. The summed E-state index contributed by atoms with van der Waals surface area (Å²) in [5.74, 6) is 0.725. The number of amides is 1. The first kappa shape index (κ1) is 17.2. The molecule has 23 heavy (non-hydrogen) atoms. The van der Waals surface area contributed by atoms with Gasteiger partial charge in [0, 0.05) is 44.3 Å². The number of carbonyl (C=O) groups is 1. The fraction of sp³-hybridized carbons (Fsp3) is 0.944. The second-order valence-corrected chi connectivity index (χ2v) is 7.46. The van der Waals surface area contributed by atoms with Crippen LogP contribution in [0, 0.1) is 5.92 Å². The van der Waals surface area contributed by atoms with Crippen LogP contribution in [-0.4, -0.2) is 61.9 Å². The minimum absolute atomic E-state index is 0.148. The summed E-state index contributed by atoms with van der Waals surface area (Å²) >= 11 is 0. The molecule has 1 amide bonds. The second kappa shape index (κ2) is 7.95. The van der Waals surface area contributed by atoms with Gasteiger partial charge in [0.25, 0.3) is 0 Å². The van der Waals surface area contributed by atoms with Crippen LogP contribution < -0.4 is 5.32 Å². The average Bonchev–Trinajstić information content (AvgIpc) is 3.07. The van der Waals surface area contributed by atoms with Crippen LogP contribution >= 0.6 is 0 Å². The summed E-state index contributed by atoms with van der Waals surface area (Å²) in [6.07, 6.45) is 7.66. The zero-order valence-electron chi connectivity index (χ0n) is 14.5. The van der Waals surface area contributed by atoms with Crippen LogP contribution in [0.15, 0.2) is 0 Å². The highest BCUT2D eigenvalue weighted by Gasteiger charge is 2.45.